The Morgan fingerprint density at radius 2 is 1.81 bits per heavy atom. The number of hydrogen-bond acceptors (Lipinski definition) is 4. The van der Waals surface area contributed by atoms with Crippen molar-refractivity contribution < 1.29 is 17.9 Å². The standard InChI is InChI=1S/C20H24N2O4S/c1-15(17-8-6-5-7-9-17)21-20(23)13-11-16-10-12-18(26-4)19(14-16)27(24,25)22(2)3/h5-15H,1-4H3,(H,21,23)/b13-11+. The zero-order chi connectivity index (χ0) is 20.0. The lowest BCUT2D eigenvalue weighted by Gasteiger charge is -2.15. The Kier molecular flexibility index (Phi) is 6.76. The van der Waals surface area contributed by atoms with Gasteiger partial charge in [-0.05, 0) is 36.3 Å². The molecule has 0 aliphatic heterocycles. The van der Waals surface area contributed by atoms with Crippen molar-refractivity contribution in [3.63, 3.8) is 0 Å². The fourth-order valence-corrected chi connectivity index (χ4v) is 3.54. The van der Waals surface area contributed by atoms with Gasteiger partial charge in [-0.2, -0.15) is 0 Å². The molecule has 2 aromatic rings. The highest BCUT2D eigenvalue weighted by Gasteiger charge is 2.22. The van der Waals surface area contributed by atoms with E-state index in [9.17, 15) is 13.2 Å². The number of rotatable bonds is 7. The first-order valence-electron chi connectivity index (χ1n) is 8.40. The van der Waals surface area contributed by atoms with Gasteiger partial charge in [0, 0.05) is 20.2 Å². The fraction of sp³-hybridized carbons (Fsp3) is 0.250. The van der Waals surface area contributed by atoms with Crippen molar-refractivity contribution in [2.45, 2.75) is 17.9 Å². The van der Waals surface area contributed by atoms with Crippen LogP contribution >= 0.6 is 0 Å². The summed E-state index contributed by atoms with van der Waals surface area (Å²) in [5.41, 5.74) is 1.58. The quantitative estimate of drug-likeness (QED) is 0.740. The number of nitrogens with zero attached hydrogens (tertiary/aromatic N) is 1. The SMILES string of the molecule is COc1ccc(/C=C/C(=O)NC(C)c2ccccc2)cc1S(=O)(=O)N(C)C. The summed E-state index contributed by atoms with van der Waals surface area (Å²) in [5, 5.41) is 2.88. The number of nitrogens with one attached hydrogen (secondary N) is 1. The Labute approximate surface area is 160 Å². The molecule has 0 radical (unpaired) electrons. The Morgan fingerprint density at radius 1 is 1.15 bits per heavy atom. The average Bonchev–Trinajstić information content (AvgIpc) is 2.66. The first kappa shape index (κ1) is 20.7. The molecule has 1 atom stereocenters. The molecule has 7 heteroatoms. The second-order valence-corrected chi connectivity index (χ2v) is 8.29. The van der Waals surface area contributed by atoms with Gasteiger partial charge in [-0.3, -0.25) is 4.79 Å². The lowest BCUT2D eigenvalue weighted by molar-refractivity contribution is -0.117. The normalized spacial score (nSPS) is 12.9. The van der Waals surface area contributed by atoms with Crippen molar-refractivity contribution in [1.82, 2.24) is 9.62 Å². The molecule has 0 aliphatic carbocycles. The molecule has 6 nitrogen and oxygen atoms in total. The van der Waals surface area contributed by atoms with Gasteiger partial charge in [0.2, 0.25) is 15.9 Å². The molecule has 144 valence electrons. The van der Waals surface area contributed by atoms with E-state index < -0.39 is 10.0 Å². The molecule has 2 rings (SSSR count). The molecule has 0 fully saturated rings. The summed E-state index contributed by atoms with van der Waals surface area (Å²) in [6.07, 6.45) is 2.95. The van der Waals surface area contributed by atoms with Crippen LogP contribution in [0.25, 0.3) is 6.08 Å². The number of carbonyl (C=O) groups is 1. The third-order valence-electron chi connectivity index (χ3n) is 4.03. The van der Waals surface area contributed by atoms with Gasteiger partial charge in [0.15, 0.2) is 0 Å². The van der Waals surface area contributed by atoms with Crippen molar-refractivity contribution in [2.24, 2.45) is 0 Å². The van der Waals surface area contributed by atoms with Gasteiger partial charge in [-0.1, -0.05) is 36.4 Å². The minimum absolute atomic E-state index is 0.0511. The van der Waals surface area contributed by atoms with Crippen LogP contribution in [-0.4, -0.2) is 39.8 Å². The summed E-state index contributed by atoms with van der Waals surface area (Å²) in [4.78, 5) is 12.2. The molecule has 0 aromatic heterocycles. The maximum Gasteiger partial charge on any atom is 0.246 e. The lowest BCUT2D eigenvalue weighted by Crippen LogP contribution is -2.24. The maximum atomic E-state index is 12.4. The van der Waals surface area contributed by atoms with Crippen LogP contribution in [0.2, 0.25) is 0 Å². The Hall–Kier alpha value is -2.64. The summed E-state index contributed by atoms with van der Waals surface area (Å²) < 4.78 is 31.2. The number of amides is 1. The van der Waals surface area contributed by atoms with Crippen LogP contribution in [-0.2, 0) is 14.8 Å². The molecule has 2 aromatic carbocycles. The van der Waals surface area contributed by atoms with E-state index in [0.717, 1.165) is 9.87 Å². The average molecular weight is 388 g/mol. The van der Waals surface area contributed by atoms with E-state index in [1.807, 2.05) is 37.3 Å². The predicted octanol–water partition coefficient (Wildman–Crippen LogP) is 2.84. The van der Waals surface area contributed by atoms with Crippen LogP contribution in [0.15, 0.2) is 59.5 Å². The first-order chi connectivity index (χ1) is 12.8. The highest BCUT2D eigenvalue weighted by Crippen LogP contribution is 2.27. The van der Waals surface area contributed by atoms with E-state index >= 15 is 0 Å². The van der Waals surface area contributed by atoms with Crippen LogP contribution in [0.4, 0.5) is 0 Å². The van der Waals surface area contributed by atoms with Crippen LogP contribution in [0, 0.1) is 0 Å². The first-order valence-corrected chi connectivity index (χ1v) is 9.84. The van der Waals surface area contributed by atoms with Gasteiger partial charge in [0.1, 0.15) is 10.6 Å². The lowest BCUT2D eigenvalue weighted by atomic mass is 10.1. The molecule has 27 heavy (non-hydrogen) atoms. The van der Waals surface area contributed by atoms with E-state index in [4.69, 9.17) is 4.74 Å². The molecule has 1 amide bonds. The van der Waals surface area contributed by atoms with Crippen molar-refractivity contribution in [1.29, 1.82) is 0 Å². The summed E-state index contributed by atoms with van der Waals surface area (Å²) in [6.45, 7) is 1.90. The second kappa shape index (κ2) is 8.83. The molecule has 0 spiro atoms. The van der Waals surface area contributed by atoms with Crippen molar-refractivity contribution >= 4 is 22.0 Å². The Bertz CT molecular complexity index is 922. The molecular formula is C20H24N2O4S. The summed E-state index contributed by atoms with van der Waals surface area (Å²) in [6, 6.07) is 14.2. The zero-order valence-electron chi connectivity index (χ0n) is 15.8. The Morgan fingerprint density at radius 3 is 2.41 bits per heavy atom. The molecular weight excluding hydrogens is 364 g/mol. The molecule has 0 saturated heterocycles. The molecule has 0 saturated carbocycles. The van der Waals surface area contributed by atoms with E-state index in [-0.39, 0.29) is 22.6 Å². The van der Waals surface area contributed by atoms with E-state index in [1.165, 1.54) is 33.3 Å². The highest BCUT2D eigenvalue weighted by atomic mass is 32.2. The molecule has 1 unspecified atom stereocenters. The van der Waals surface area contributed by atoms with Gasteiger partial charge < -0.3 is 10.1 Å². The van der Waals surface area contributed by atoms with Gasteiger partial charge in [0.05, 0.1) is 13.2 Å². The predicted molar refractivity (Wildman–Crippen MR) is 106 cm³/mol. The summed E-state index contributed by atoms with van der Waals surface area (Å²) >= 11 is 0. The van der Waals surface area contributed by atoms with E-state index in [0.29, 0.717) is 5.56 Å². The maximum absolute atomic E-state index is 12.4. The van der Waals surface area contributed by atoms with Crippen LogP contribution in [0.1, 0.15) is 24.1 Å². The number of ether oxygens (including phenoxy) is 1. The van der Waals surface area contributed by atoms with Gasteiger partial charge in [0.25, 0.3) is 0 Å². The summed E-state index contributed by atoms with van der Waals surface area (Å²) in [7, 11) is 0.661. The number of carbonyl (C=O) groups excluding carboxylic acids is 1. The van der Waals surface area contributed by atoms with E-state index in [1.54, 1.807) is 18.2 Å². The number of benzene rings is 2. The Balaban J connectivity index is 2.18. The van der Waals surface area contributed by atoms with Gasteiger partial charge in [-0.15, -0.1) is 0 Å². The third-order valence-corrected chi connectivity index (χ3v) is 5.87. The topological polar surface area (TPSA) is 75.7 Å². The minimum atomic E-state index is -3.66. The minimum Gasteiger partial charge on any atom is -0.495 e. The van der Waals surface area contributed by atoms with Crippen LogP contribution in [0.3, 0.4) is 0 Å². The van der Waals surface area contributed by atoms with Crippen molar-refractivity contribution in [2.75, 3.05) is 21.2 Å². The third kappa shape index (κ3) is 5.18. The van der Waals surface area contributed by atoms with Gasteiger partial charge in [-0.25, -0.2) is 12.7 Å². The molecule has 1 N–H and O–H groups in total. The van der Waals surface area contributed by atoms with Gasteiger partial charge >= 0.3 is 0 Å². The number of hydrogen-bond donors (Lipinski definition) is 1. The second-order valence-electron chi connectivity index (χ2n) is 6.17. The fourth-order valence-electron chi connectivity index (χ4n) is 2.45. The van der Waals surface area contributed by atoms with Crippen LogP contribution < -0.4 is 10.1 Å². The van der Waals surface area contributed by atoms with Crippen molar-refractivity contribution in [3.05, 3.63) is 65.7 Å². The highest BCUT2D eigenvalue weighted by molar-refractivity contribution is 7.89. The van der Waals surface area contributed by atoms with Crippen LogP contribution in [0.5, 0.6) is 5.75 Å². The molecule has 0 heterocycles. The monoisotopic (exact) mass is 388 g/mol. The number of methoxy groups -OCH3 is 1. The smallest absolute Gasteiger partial charge is 0.246 e. The largest absolute Gasteiger partial charge is 0.495 e. The number of sulfonamides is 1. The molecule has 0 bridgehead atoms. The zero-order valence-corrected chi connectivity index (χ0v) is 16.7. The van der Waals surface area contributed by atoms with E-state index in [2.05, 4.69) is 5.32 Å². The van der Waals surface area contributed by atoms with Crippen molar-refractivity contribution in [3.8, 4) is 5.75 Å². The summed E-state index contributed by atoms with van der Waals surface area (Å²) in [5.74, 6) is -0.0119. The molecule has 0 aliphatic rings.